The monoisotopic (exact) mass is 370 g/mol. The van der Waals surface area contributed by atoms with Crippen LogP contribution in [-0.4, -0.2) is 21.9 Å². The van der Waals surface area contributed by atoms with Crippen LogP contribution < -0.4 is 5.32 Å². The van der Waals surface area contributed by atoms with E-state index in [1.54, 1.807) is 0 Å². The standard InChI is InChI=1S/C20H22N2O5/c1-12-8-13(2)10-15(9-12)11-18(14(3)20(24)25)19(23)21-16-4-6-17(7-5-16)22(26)27/h4-10,14,18H,11H2,1-3H3,(H,21,23)(H,24,25)/t14-,18-/m0/s1. The van der Waals surface area contributed by atoms with Gasteiger partial charge in [-0.15, -0.1) is 0 Å². The number of carbonyl (C=O) groups is 2. The third kappa shape index (κ3) is 5.37. The van der Waals surface area contributed by atoms with Crippen LogP contribution in [0.15, 0.2) is 42.5 Å². The van der Waals surface area contributed by atoms with Gasteiger partial charge in [-0.1, -0.05) is 36.2 Å². The summed E-state index contributed by atoms with van der Waals surface area (Å²) in [6, 6.07) is 11.3. The number of nitrogens with one attached hydrogen (secondary N) is 1. The van der Waals surface area contributed by atoms with Crippen molar-refractivity contribution in [2.45, 2.75) is 27.2 Å². The van der Waals surface area contributed by atoms with Crippen LogP contribution in [0.4, 0.5) is 11.4 Å². The van der Waals surface area contributed by atoms with Crippen LogP contribution in [0.2, 0.25) is 0 Å². The zero-order valence-electron chi connectivity index (χ0n) is 15.4. The molecule has 2 atom stereocenters. The van der Waals surface area contributed by atoms with Crippen molar-refractivity contribution in [3.63, 3.8) is 0 Å². The molecule has 0 spiro atoms. The highest BCUT2D eigenvalue weighted by molar-refractivity contribution is 5.95. The Morgan fingerprint density at radius 3 is 2.15 bits per heavy atom. The fourth-order valence-electron chi connectivity index (χ4n) is 3.01. The summed E-state index contributed by atoms with van der Waals surface area (Å²) in [5, 5.41) is 22.8. The SMILES string of the molecule is Cc1cc(C)cc(C[C@H](C(=O)Nc2ccc([N+](=O)[O-])cc2)[C@H](C)C(=O)O)c1. The first-order valence-electron chi connectivity index (χ1n) is 8.52. The minimum Gasteiger partial charge on any atom is -0.481 e. The molecule has 2 N–H and O–H groups in total. The summed E-state index contributed by atoms with van der Waals surface area (Å²) in [6.45, 7) is 5.40. The Labute approximate surface area is 157 Å². The fourth-order valence-corrected chi connectivity index (χ4v) is 3.01. The summed E-state index contributed by atoms with van der Waals surface area (Å²) >= 11 is 0. The number of nitro groups is 1. The van der Waals surface area contributed by atoms with Gasteiger partial charge in [0, 0.05) is 17.8 Å². The molecule has 7 nitrogen and oxygen atoms in total. The Bertz CT molecular complexity index is 841. The minimum absolute atomic E-state index is 0.0845. The van der Waals surface area contributed by atoms with Gasteiger partial charge in [0.25, 0.3) is 5.69 Å². The zero-order chi connectivity index (χ0) is 20.1. The summed E-state index contributed by atoms with van der Waals surface area (Å²) in [5.41, 5.74) is 3.28. The molecular formula is C20H22N2O5. The Morgan fingerprint density at radius 1 is 1.11 bits per heavy atom. The van der Waals surface area contributed by atoms with E-state index in [4.69, 9.17) is 0 Å². The number of nitro benzene ring substituents is 1. The smallest absolute Gasteiger partial charge is 0.307 e. The van der Waals surface area contributed by atoms with Crippen LogP contribution in [0.5, 0.6) is 0 Å². The zero-order valence-corrected chi connectivity index (χ0v) is 15.4. The Morgan fingerprint density at radius 2 is 1.67 bits per heavy atom. The van der Waals surface area contributed by atoms with E-state index in [0.717, 1.165) is 16.7 Å². The summed E-state index contributed by atoms with van der Waals surface area (Å²) in [4.78, 5) is 34.4. The highest BCUT2D eigenvalue weighted by Gasteiger charge is 2.30. The molecule has 2 aromatic carbocycles. The van der Waals surface area contributed by atoms with Crippen molar-refractivity contribution in [1.82, 2.24) is 0 Å². The third-order valence-electron chi connectivity index (χ3n) is 4.41. The first-order valence-corrected chi connectivity index (χ1v) is 8.52. The average Bonchev–Trinajstić information content (AvgIpc) is 2.58. The van der Waals surface area contributed by atoms with E-state index in [0.29, 0.717) is 5.69 Å². The number of aliphatic carboxylic acids is 1. The molecule has 1 amide bonds. The van der Waals surface area contributed by atoms with Crippen LogP contribution in [0.1, 0.15) is 23.6 Å². The van der Waals surface area contributed by atoms with E-state index >= 15 is 0 Å². The van der Waals surface area contributed by atoms with Crippen molar-refractivity contribution < 1.29 is 19.6 Å². The Hall–Kier alpha value is -3.22. The molecule has 2 rings (SSSR count). The van der Waals surface area contributed by atoms with Crippen LogP contribution in [-0.2, 0) is 16.0 Å². The number of aryl methyl sites for hydroxylation is 2. The van der Waals surface area contributed by atoms with E-state index in [1.807, 2.05) is 32.0 Å². The van der Waals surface area contributed by atoms with Gasteiger partial charge in [-0.2, -0.15) is 0 Å². The van der Waals surface area contributed by atoms with Crippen molar-refractivity contribution in [2.24, 2.45) is 11.8 Å². The second-order valence-electron chi connectivity index (χ2n) is 6.73. The molecule has 0 aliphatic rings. The van der Waals surface area contributed by atoms with E-state index < -0.39 is 28.6 Å². The van der Waals surface area contributed by atoms with Crippen molar-refractivity contribution in [3.05, 3.63) is 69.3 Å². The summed E-state index contributed by atoms with van der Waals surface area (Å²) < 4.78 is 0. The lowest BCUT2D eigenvalue weighted by Gasteiger charge is -2.21. The van der Waals surface area contributed by atoms with Gasteiger partial charge in [0.2, 0.25) is 5.91 Å². The van der Waals surface area contributed by atoms with Gasteiger partial charge < -0.3 is 10.4 Å². The molecule has 0 aliphatic carbocycles. The lowest BCUT2D eigenvalue weighted by atomic mass is 9.86. The molecule has 0 aliphatic heterocycles. The number of carboxylic acids is 1. The van der Waals surface area contributed by atoms with E-state index in [-0.39, 0.29) is 12.1 Å². The quantitative estimate of drug-likeness (QED) is 0.570. The lowest BCUT2D eigenvalue weighted by Crippen LogP contribution is -2.33. The molecule has 142 valence electrons. The molecule has 0 saturated heterocycles. The second-order valence-corrected chi connectivity index (χ2v) is 6.73. The maximum atomic E-state index is 12.7. The molecule has 0 heterocycles. The number of hydrogen-bond acceptors (Lipinski definition) is 4. The number of benzene rings is 2. The van der Waals surface area contributed by atoms with Crippen LogP contribution >= 0.6 is 0 Å². The molecule has 0 radical (unpaired) electrons. The molecule has 0 bridgehead atoms. The van der Waals surface area contributed by atoms with Gasteiger partial charge >= 0.3 is 5.97 Å². The Balaban J connectivity index is 2.23. The molecule has 0 saturated carbocycles. The highest BCUT2D eigenvalue weighted by atomic mass is 16.6. The molecule has 0 aromatic heterocycles. The summed E-state index contributed by atoms with van der Waals surface area (Å²) in [5.74, 6) is -3.15. The number of amides is 1. The van der Waals surface area contributed by atoms with E-state index in [1.165, 1.54) is 31.2 Å². The van der Waals surface area contributed by atoms with Gasteiger partial charge in [-0.3, -0.25) is 19.7 Å². The van der Waals surface area contributed by atoms with Gasteiger partial charge in [0.15, 0.2) is 0 Å². The number of nitrogens with zero attached hydrogens (tertiary/aromatic N) is 1. The fraction of sp³-hybridized carbons (Fsp3) is 0.300. The van der Waals surface area contributed by atoms with Crippen molar-refractivity contribution in [2.75, 3.05) is 5.32 Å². The van der Waals surface area contributed by atoms with Gasteiger partial charge in [-0.05, 0) is 38.0 Å². The predicted molar refractivity (Wildman–Crippen MR) is 102 cm³/mol. The third-order valence-corrected chi connectivity index (χ3v) is 4.41. The van der Waals surface area contributed by atoms with E-state index in [9.17, 15) is 24.8 Å². The number of hydrogen-bond donors (Lipinski definition) is 2. The average molecular weight is 370 g/mol. The van der Waals surface area contributed by atoms with Crippen molar-refractivity contribution in [3.8, 4) is 0 Å². The molecule has 0 fully saturated rings. The molecule has 7 heteroatoms. The number of non-ortho nitro benzene ring substituents is 1. The second kappa shape index (κ2) is 8.44. The minimum atomic E-state index is -1.05. The molecule has 0 unspecified atom stereocenters. The van der Waals surface area contributed by atoms with Crippen LogP contribution in [0.25, 0.3) is 0 Å². The van der Waals surface area contributed by atoms with E-state index in [2.05, 4.69) is 5.32 Å². The largest absolute Gasteiger partial charge is 0.481 e. The maximum Gasteiger partial charge on any atom is 0.307 e. The van der Waals surface area contributed by atoms with Crippen LogP contribution in [0.3, 0.4) is 0 Å². The van der Waals surface area contributed by atoms with Gasteiger partial charge in [0.1, 0.15) is 0 Å². The summed E-state index contributed by atoms with van der Waals surface area (Å²) in [6.07, 6.45) is 0.287. The Kier molecular flexibility index (Phi) is 6.28. The number of carbonyl (C=O) groups excluding carboxylic acids is 1. The van der Waals surface area contributed by atoms with Gasteiger partial charge in [0.05, 0.1) is 16.8 Å². The molecule has 27 heavy (non-hydrogen) atoms. The number of carboxylic acid groups (broad SMARTS) is 1. The van der Waals surface area contributed by atoms with Crippen LogP contribution in [0, 0.1) is 35.8 Å². The first kappa shape index (κ1) is 20.1. The lowest BCUT2D eigenvalue weighted by molar-refractivity contribution is -0.384. The summed E-state index contributed by atoms with van der Waals surface area (Å²) in [7, 11) is 0. The van der Waals surface area contributed by atoms with Gasteiger partial charge in [-0.25, -0.2) is 0 Å². The number of anilines is 1. The first-order chi connectivity index (χ1) is 12.7. The highest BCUT2D eigenvalue weighted by Crippen LogP contribution is 2.23. The normalized spacial score (nSPS) is 12.9. The number of rotatable bonds is 7. The molecular weight excluding hydrogens is 348 g/mol. The topological polar surface area (TPSA) is 110 Å². The van der Waals surface area contributed by atoms with Crippen molar-refractivity contribution in [1.29, 1.82) is 0 Å². The molecule has 2 aromatic rings. The maximum absolute atomic E-state index is 12.7. The van der Waals surface area contributed by atoms with Crippen molar-refractivity contribution >= 4 is 23.3 Å². The predicted octanol–water partition coefficient (Wildman–Crippen LogP) is 3.73.